The quantitative estimate of drug-likeness (QED) is 0.680. The number of esters is 1. The summed E-state index contributed by atoms with van der Waals surface area (Å²) < 4.78 is 8.04. The normalized spacial score (nSPS) is 10.8. The molecule has 0 bridgehead atoms. The molecule has 3 heterocycles. The number of carbonyl (C=O) groups excluding carboxylic acids is 1. The van der Waals surface area contributed by atoms with Crippen LogP contribution in [0.5, 0.6) is 0 Å². The molecule has 0 aliphatic rings. The summed E-state index contributed by atoms with van der Waals surface area (Å²) in [5, 5.41) is 0. The van der Waals surface area contributed by atoms with Gasteiger partial charge < -0.3 is 9.30 Å². The van der Waals surface area contributed by atoms with Crippen molar-refractivity contribution in [2.45, 2.75) is 6.92 Å². The maximum atomic E-state index is 11.7. The predicted molar refractivity (Wildman–Crippen MR) is 79.6 cm³/mol. The van der Waals surface area contributed by atoms with Crippen LogP contribution >= 0.6 is 0 Å². The van der Waals surface area contributed by atoms with Crippen molar-refractivity contribution in [3.8, 4) is 11.1 Å². The second kappa shape index (κ2) is 5.44. The van der Waals surface area contributed by atoms with Gasteiger partial charge in [-0.05, 0) is 18.6 Å². The number of hydrogen-bond donors (Lipinski definition) is 0. The van der Waals surface area contributed by atoms with Crippen LogP contribution in [-0.2, 0) is 11.8 Å². The Morgan fingerprint density at radius 3 is 2.86 bits per heavy atom. The molecule has 7 heteroatoms. The monoisotopic (exact) mass is 298 g/mol. The minimum Gasteiger partial charge on any atom is -0.461 e. The summed E-state index contributed by atoms with van der Waals surface area (Å²) in [5.74, 6) is -0.0845. The van der Waals surface area contributed by atoms with Gasteiger partial charge >= 0.3 is 5.97 Å². The maximum absolute atomic E-state index is 11.7. The fraction of sp³-hybridized carbons (Fsp3) is 0.200. The third-order valence-corrected chi connectivity index (χ3v) is 3.23. The molecule has 112 valence electrons. The number of ether oxygens (including phenoxy) is 1. The fourth-order valence-electron chi connectivity index (χ4n) is 2.07. The predicted octanol–water partition coefficient (Wildman–Crippen LogP) is 1.27. The van der Waals surface area contributed by atoms with Crippen molar-refractivity contribution in [1.29, 1.82) is 0 Å². The van der Waals surface area contributed by atoms with E-state index >= 15 is 0 Å². The summed E-state index contributed by atoms with van der Waals surface area (Å²) in [5.41, 5.74) is 1.62. The van der Waals surface area contributed by atoms with Crippen LogP contribution in [0.4, 0.5) is 0 Å². The van der Waals surface area contributed by atoms with Crippen molar-refractivity contribution in [1.82, 2.24) is 18.9 Å². The number of rotatable bonds is 3. The zero-order valence-corrected chi connectivity index (χ0v) is 12.2. The van der Waals surface area contributed by atoms with E-state index in [1.54, 1.807) is 43.2 Å². The minimum atomic E-state index is -0.483. The second-order valence-electron chi connectivity index (χ2n) is 4.76. The summed E-state index contributed by atoms with van der Waals surface area (Å²) in [4.78, 5) is 31.7. The summed E-state index contributed by atoms with van der Waals surface area (Å²) in [6, 6.07) is 3.36. The van der Waals surface area contributed by atoms with Crippen LogP contribution in [0, 0.1) is 0 Å². The van der Waals surface area contributed by atoms with E-state index in [1.165, 1.54) is 10.6 Å². The van der Waals surface area contributed by atoms with Gasteiger partial charge in [-0.15, -0.1) is 0 Å². The van der Waals surface area contributed by atoms with Gasteiger partial charge in [0.1, 0.15) is 0 Å². The van der Waals surface area contributed by atoms with Crippen LogP contribution in [0.1, 0.15) is 17.4 Å². The Labute approximate surface area is 125 Å². The highest BCUT2D eigenvalue weighted by atomic mass is 16.5. The third kappa shape index (κ3) is 2.48. The summed E-state index contributed by atoms with van der Waals surface area (Å²) in [7, 11) is 1.69. The Morgan fingerprint density at radius 1 is 1.32 bits per heavy atom. The van der Waals surface area contributed by atoms with E-state index < -0.39 is 5.97 Å². The van der Waals surface area contributed by atoms with Crippen molar-refractivity contribution >= 4 is 11.7 Å². The molecule has 0 saturated heterocycles. The molecule has 3 rings (SSSR count). The Hall–Kier alpha value is -2.96. The first kappa shape index (κ1) is 14.0. The fourth-order valence-corrected chi connectivity index (χ4v) is 2.07. The van der Waals surface area contributed by atoms with E-state index in [0.29, 0.717) is 12.4 Å². The van der Waals surface area contributed by atoms with Gasteiger partial charge in [-0.1, -0.05) is 0 Å². The van der Waals surface area contributed by atoms with Crippen molar-refractivity contribution < 1.29 is 9.53 Å². The van der Waals surface area contributed by atoms with Gasteiger partial charge in [-0.3, -0.25) is 9.20 Å². The lowest BCUT2D eigenvalue weighted by Crippen LogP contribution is -2.14. The van der Waals surface area contributed by atoms with Gasteiger partial charge in [0.05, 0.1) is 6.61 Å². The molecular formula is C15H14N4O3. The molecule has 0 radical (unpaired) electrons. The maximum Gasteiger partial charge on any atom is 0.358 e. The number of aryl methyl sites for hydroxylation is 1. The zero-order valence-electron chi connectivity index (χ0n) is 12.2. The number of carbonyl (C=O) groups is 1. The van der Waals surface area contributed by atoms with E-state index in [1.807, 2.05) is 6.07 Å². The molecule has 0 fully saturated rings. The highest BCUT2D eigenvalue weighted by molar-refractivity contribution is 5.87. The van der Waals surface area contributed by atoms with Crippen LogP contribution in [-0.4, -0.2) is 31.5 Å². The molecule has 0 aliphatic carbocycles. The number of fused-ring (bicyclic) bond motifs is 1. The summed E-state index contributed by atoms with van der Waals surface area (Å²) >= 11 is 0. The molecule has 0 aromatic carbocycles. The lowest BCUT2D eigenvalue weighted by Gasteiger charge is -2.03. The molecule has 0 unspecified atom stereocenters. The van der Waals surface area contributed by atoms with Gasteiger partial charge in [-0.25, -0.2) is 14.8 Å². The molecule has 0 N–H and O–H groups in total. The Balaban J connectivity index is 2.04. The van der Waals surface area contributed by atoms with E-state index in [-0.39, 0.29) is 11.3 Å². The number of hydrogen-bond acceptors (Lipinski definition) is 5. The van der Waals surface area contributed by atoms with Crippen LogP contribution in [0.2, 0.25) is 0 Å². The first-order valence-electron chi connectivity index (χ1n) is 6.77. The first-order valence-corrected chi connectivity index (χ1v) is 6.77. The SMILES string of the molecule is CCOC(=O)c1cn2cc(-c3ccn(C)c(=O)c3)cnc2n1. The lowest BCUT2D eigenvalue weighted by molar-refractivity contribution is 0.0520. The lowest BCUT2D eigenvalue weighted by atomic mass is 10.1. The van der Waals surface area contributed by atoms with Crippen molar-refractivity contribution in [2.75, 3.05) is 6.61 Å². The van der Waals surface area contributed by atoms with Crippen molar-refractivity contribution in [2.24, 2.45) is 7.05 Å². The highest BCUT2D eigenvalue weighted by Crippen LogP contribution is 2.17. The van der Waals surface area contributed by atoms with Crippen molar-refractivity contribution in [3.05, 3.63) is 53.0 Å². The smallest absolute Gasteiger partial charge is 0.358 e. The van der Waals surface area contributed by atoms with Gasteiger partial charge in [0.15, 0.2) is 5.69 Å². The highest BCUT2D eigenvalue weighted by Gasteiger charge is 2.12. The Kier molecular flexibility index (Phi) is 3.46. The minimum absolute atomic E-state index is 0.101. The van der Waals surface area contributed by atoms with E-state index in [0.717, 1.165) is 11.1 Å². The van der Waals surface area contributed by atoms with Crippen LogP contribution in [0.15, 0.2) is 41.7 Å². The van der Waals surface area contributed by atoms with Gasteiger partial charge in [-0.2, -0.15) is 0 Å². The second-order valence-corrected chi connectivity index (χ2v) is 4.76. The largest absolute Gasteiger partial charge is 0.461 e. The molecular weight excluding hydrogens is 284 g/mol. The molecule has 3 aromatic heterocycles. The van der Waals surface area contributed by atoms with E-state index in [4.69, 9.17) is 4.74 Å². The average Bonchev–Trinajstić information content (AvgIpc) is 2.93. The Morgan fingerprint density at radius 2 is 2.14 bits per heavy atom. The molecule has 0 aliphatic heterocycles. The first-order chi connectivity index (χ1) is 10.6. The van der Waals surface area contributed by atoms with E-state index in [9.17, 15) is 9.59 Å². The molecule has 0 atom stereocenters. The molecule has 0 spiro atoms. The van der Waals surface area contributed by atoms with Gasteiger partial charge in [0, 0.05) is 43.5 Å². The van der Waals surface area contributed by atoms with Crippen LogP contribution in [0.25, 0.3) is 16.9 Å². The molecule has 22 heavy (non-hydrogen) atoms. The third-order valence-electron chi connectivity index (χ3n) is 3.23. The molecule has 3 aromatic rings. The standard InChI is InChI=1S/C15H14N4O3/c1-3-22-14(21)12-9-19-8-11(7-16-15(19)17-12)10-4-5-18(2)13(20)6-10/h4-9H,3H2,1-2H3. The molecule has 7 nitrogen and oxygen atoms in total. The van der Waals surface area contributed by atoms with Gasteiger partial charge in [0.2, 0.25) is 5.78 Å². The number of imidazole rings is 1. The van der Waals surface area contributed by atoms with Crippen LogP contribution < -0.4 is 5.56 Å². The zero-order chi connectivity index (χ0) is 15.7. The molecule has 0 amide bonds. The summed E-state index contributed by atoms with van der Waals surface area (Å²) in [6.45, 7) is 2.03. The van der Waals surface area contributed by atoms with E-state index in [2.05, 4.69) is 9.97 Å². The topological polar surface area (TPSA) is 78.5 Å². The van der Waals surface area contributed by atoms with Gasteiger partial charge in [0.25, 0.3) is 5.56 Å². The average molecular weight is 298 g/mol. The van der Waals surface area contributed by atoms with Crippen LogP contribution in [0.3, 0.4) is 0 Å². The van der Waals surface area contributed by atoms with Crippen molar-refractivity contribution in [3.63, 3.8) is 0 Å². The number of nitrogens with zero attached hydrogens (tertiary/aromatic N) is 4. The Bertz CT molecular complexity index is 911. The molecule has 0 saturated carbocycles. The number of pyridine rings is 1. The summed E-state index contributed by atoms with van der Waals surface area (Å²) in [6.07, 6.45) is 6.64. The number of aromatic nitrogens is 4.